The quantitative estimate of drug-likeness (QED) is 0.201. The maximum atomic E-state index is 6.22. The van der Waals surface area contributed by atoms with E-state index in [0.717, 1.165) is 32.1 Å². The van der Waals surface area contributed by atoms with E-state index in [2.05, 4.69) is 20.8 Å². The summed E-state index contributed by atoms with van der Waals surface area (Å²) in [5.74, 6) is -1.19. The van der Waals surface area contributed by atoms with Crippen LogP contribution in [0.4, 0.5) is 0 Å². The summed E-state index contributed by atoms with van der Waals surface area (Å²) in [4.78, 5) is 0. The Bertz CT molecular complexity index is 304. The first-order valence-electron chi connectivity index (χ1n) is 9.60. The average molecular weight is 345 g/mol. The van der Waals surface area contributed by atoms with Gasteiger partial charge in [-0.1, -0.05) is 65.4 Å². The van der Waals surface area contributed by atoms with Crippen LogP contribution in [0.2, 0.25) is 0 Å². The highest BCUT2D eigenvalue weighted by Gasteiger charge is 2.55. The molecule has 0 aromatic rings. The molecule has 0 spiro atoms. The van der Waals surface area contributed by atoms with E-state index in [9.17, 15) is 0 Å². The van der Waals surface area contributed by atoms with Crippen LogP contribution in [0.1, 0.15) is 85.0 Å². The van der Waals surface area contributed by atoms with Gasteiger partial charge in [0.1, 0.15) is 0 Å². The van der Waals surface area contributed by atoms with Crippen molar-refractivity contribution in [1.29, 1.82) is 0 Å². The molecule has 4 heteroatoms. The first-order valence-corrected chi connectivity index (χ1v) is 9.60. The summed E-state index contributed by atoms with van der Waals surface area (Å²) < 4.78 is 23.3. The predicted molar refractivity (Wildman–Crippen MR) is 99.9 cm³/mol. The Morgan fingerprint density at radius 1 is 0.708 bits per heavy atom. The summed E-state index contributed by atoms with van der Waals surface area (Å²) in [6.07, 6.45) is 14.8. The molecule has 1 atom stereocenters. The Morgan fingerprint density at radius 2 is 1.29 bits per heavy atom. The second-order valence-electron chi connectivity index (χ2n) is 6.33. The summed E-state index contributed by atoms with van der Waals surface area (Å²) in [7, 11) is 4.85. The molecule has 0 saturated heterocycles. The van der Waals surface area contributed by atoms with E-state index in [0.29, 0.717) is 0 Å². The van der Waals surface area contributed by atoms with Gasteiger partial charge < -0.3 is 18.9 Å². The molecule has 0 aromatic heterocycles. The van der Waals surface area contributed by atoms with Crippen molar-refractivity contribution in [1.82, 2.24) is 0 Å². The molecule has 144 valence electrons. The van der Waals surface area contributed by atoms with Crippen LogP contribution in [0.3, 0.4) is 0 Å². The fourth-order valence-corrected chi connectivity index (χ4v) is 3.30. The molecular formula is C20H40O4. The van der Waals surface area contributed by atoms with Crippen molar-refractivity contribution in [3.05, 3.63) is 12.3 Å². The van der Waals surface area contributed by atoms with Gasteiger partial charge in [0.15, 0.2) is 5.60 Å². The zero-order chi connectivity index (χ0) is 18.3. The highest BCUT2D eigenvalue weighted by atomic mass is 16.9. The number of hydrogen-bond donors (Lipinski definition) is 0. The Morgan fingerprint density at radius 3 is 1.79 bits per heavy atom. The second-order valence-corrected chi connectivity index (χ2v) is 6.33. The number of methoxy groups -OCH3 is 3. The Hall–Kier alpha value is -0.580. The van der Waals surface area contributed by atoms with Gasteiger partial charge in [0, 0.05) is 21.3 Å². The lowest BCUT2D eigenvalue weighted by Gasteiger charge is -2.46. The van der Waals surface area contributed by atoms with Gasteiger partial charge in [0.25, 0.3) is 0 Å². The van der Waals surface area contributed by atoms with E-state index in [1.807, 2.05) is 6.08 Å². The molecule has 4 nitrogen and oxygen atoms in total. The number of unbranched alkanes of at least 4 members (excludes halogenated alkanes) is 5. The smallest absolute Gasteiger partial charge is 0.324 e. The number of rotatable bonds is 16. The fraction of sp³-hybridized carbons (Fsp3) is 0.900. The van der Waals surface area contributed by atoms with Crippen molar-refractivity contribution in [3.8, 4) is 0 Å². The second kappa shape index (κ2) is 13.7. The van der Waals surface area contributed by atoms with Gasteiger partial charge >= 0.3 is 5.97 Å². The monoisotopic (exact) mass is 344 g/mol. The van der Waals surface area contributed by atoms with Gasteiger partial charge in [-0.2, -0.15) is 0 Å². The Balaban J connectivity index is 5.15. The molecule has 1 unspecified atom stereocenters. The molecule has 0 heterocycles. The predicted octanol–water partition coefficient (Wildman–Crippen LogP) is 5.81. The topological polar surface area (TPSA) is 36.9 Å². The maximum Gasteiger partial charge on any atom is 0.324 e. The van der Waals surface area contributed by atoms with Crippen molar-refractivity contribution in [2.24, 2.45) is 0 Å². The van der Waals surface area contributed by atoms with Crippen molar-refractivity contribution in [2.45, 2.75) is 96.6 Å². The van der Waals surface area contributed by atoms with Crippen molar-refractivity contribution in [2.75, 3.05) is 21.3 Å². The third kappa shape index (κ3) is 6.73. The lowest BCUT2D eigenvalue weighted by Crippen LogP contribution is -2.59. The van der Waals surface area contributed by atoms with Crippen LogP contribution in [-0.2, 0) is 18.9 Å². The molecule has 0 bridgehead atoms. The average Bonchev–Trinajstić information content (AvgIpc) is 2.60. The molecule has 24 heavy (non-hydrogen) atoms. The molecule has 0 rings (SSSR count). The van der Waals surface area contributed by atoms with Crippen molar-refractivity contribution in [3.63, 3.8) is 0 Å². The molecule has 0 fully saturated rings. The van der Waals surface area contributed by atoms with E-state index >= 15 is 0 Å². The van der Waals surface area contributed by atoms with Gasteiger partial charge in [-0.05, 0) is 25.7 Å². The Labute approximate surface area is 149 Å². The van der Waals surface area contributed by atoms with Gasteiger partial charge in [-0.15, -0.1) is 0 Å². The van der Waals surface area contributed by atoms with E-state index in [1.165, 1.54) is 32.1 Å². The molecule has 0 aliphatic heterocycles. The molecular weight excluding hydrogens is 304 g/mol. The molecule has 0 aromatic carbocycles. The molecule has 0 radical (unpaired) electrons. The van der Waals surface area contributed by atoms with Crippen LogP contribution in [0.25, 0.3) is 0 Å². The highest BCUT2D eigenvalue weighted by Crippen LogP contribution is 2.40. The molecule has 0 amide bonds. The van der Waals surface area contributed by atoms with Crippen LogP contribution in [-0.4, -0.2) is 32.9 Å². The van der Waals surface area contributed by atoms with E-state index < -0.39 is 11.6 Å². The molecule has 0 N–H and O–H groups in total. The zero-order valence-electron chi connectivity index (χ0n) is 16.9. The maximum absolute atomic E-state index is 6.22. The summed E-state index contributed by atoms with van der Waals surface area (Å²) >= 11 is 0. The minimum Gasteiger partial charge on any atom is -0.487 e. The SMILES string of the molecule is CCC=COC(CCC)(CCCCCCCC)C(OC)(OC)OC. The standard InChI is InChI=1S/C20H40O4/c1-7-10-12-13-14-15-17-19(16-9-3,24-18-11-8-2)20(21-4,22-5)23-6/h11,18H,7-10,12-17H2,1-6H3. The van der Waals surface area contributed by atoms with E-state index in [-0.39, 0.29) is 0 Å². The number of hydrogen-bond acceptors (Lipinski definition) is 4. The van der Waals surface area contributed by atoms with Crippen molar-refractivity contribution >= 4 is 0 Å². The lowest BCUT2D eigenvalue weighted by molar-refractivity contribution is -0.422. The first-order chi connectivity index (χ1) is 11.6. The van der Waals surface area contributed by atoms with Crippen LogP contribution in [0.15, 0.2) is 12.3 Å². The summed E-state index contributed by atoms with van der Waals surface area (Å²) in [6.45, 7) is 6.48. The first kappa shape index (κ1) is 23.4. The number of allylic oxidation sites excluding steroid dienone is 1. The molecule has 0 aliphatic rings. The van der Waals surface area contributed by atoms with Gasteiger partial charge in [-0.3, -0.25) is 0 Å². The fourth-order valence-electron chi connectivity index (χ4n) is 3.30. The van der Waals surface area contributed by atoms with Crippen LogP contribution >= 0.6 is 0 Å². The summed E-state index contributed by atoms with van der Waals surface area (Å²) in [5.41, 5.74) is -0.642. The van der Waals surface area contributed by atoms with Gasteiger partial charge in [0.05, 0.1) is 6.26 Å². The van der Waals surface area contributed by atoms with Gasteiger partial charge in [-0.25, -0.2) is 0 Å². The van der Waals surface area contributed by atoms with Crippen LogP contribution < -0.4 is 0 Å². The zero-order valence-corrected chi connectivity index (χ0v) is 16.9. The summed E-state index contributed by atoms with van der Waals surface area (Å²) in [6, 6.07) is 0. The van der Waals surface area contributed by atoms with Crippen molar-refractivity contribution < 1.29 is 18.9 Å². The van der Waals surface area contributed by atoms with Crippen LogP contribution in [0.5, 0.6) is 0 Å². The molecule has 0 saturated carbocycles. The van der Waals surface area contributed by atoms with E-state index in [1.54, 1.807) is 27.6 Å². The summed E-state index contributed by atoms with van der Waals surface area (Å²) in [5, 5.41) is 0. The molecule has 0 aliphatic carbocycles. The third-order valence-corrected chi connectivity index (χ3v) is 4.58. The van der Waals surface area contributed by atoms with Gasteiger partial charge in [0.2, 0.25) is 0 Å². The van der Waals surface area contributed by atoms with Crippen LogP contribution in [0, 0.1) is 0 Å². The highest BCUT2D eigenvalue weighted by molar-refractivity contribution is 4.93. The largest absolute Gasteiger partial charge is 0.487 e. The minimum absolute atomic E-state index is 0.642. The third-order valence-electron chi connectivity index (χ3n) is 4.58. The van der Waals surface area contributed by atoms with E-state index in [4.69, 9.17) is 18.9 Å². The lowest BCUT2D eigenvalue weighted by atomic mass is 9.87. The normalized spacial score (nSPS) is 14.9. The Kier molecular flexibility index (Phi) is 13.4. The number of ether oxygens (including phenoxy) is 4. The minimum atomic E-state index is -1.19.